The van der Waals surface area contributed by atoms with Crippen molar-refractivity contribution in [1.29, 1.82) is 0 Å². The van der Waals surface area contributed by atoms with Crippen molar-refractivity contribution in [2.75, 3.05) is 19.7 Å². The molecule has 1 spiro atoms. The van der Waals surface area contributed by atoms with Crippen molar-refractivity contribution in [3.8, 4) is 0 Å². The van der Waals surface area contributed by atoms with E-state index >= 15 is 0 Å². The number of carbonyl (C=O) groups excluding carboxylic acids is 4. The van der Waals surface area contributed by atoms with Gasteiger partial charge in [-0.2, -0.15) is 0 Å². The van der Waals surface area contributed by atoms with E-state index in [4.69, 9.17) is 9.47 Å². The summed E-state index contributed by atoms with van der Waals surface area (Å²) >= 11 is 0. The van der Waals surface area contributed by atoms with Gasteiger partial charge in [0.25, 0.3) is 0 Å². The Morgan fingerprint density at radius 3 is 2.54 bits per heavy atom. The highest BCUT2D eigenvalue weighted by Gasteiger charge is 2.75. The smallest absolute Gasteiger partial charge is 0.313 e. The lowest BCUT2D eigenvalue weighted by atomic mass is 9.70. The Morgan fingerprint density at radius 2 is 1.89 bits per heavy atom. The van der Waals surface area contributed by atoms with Crippen molar-refractivity contribution in [3.63, 3.8) is 0 Å². The number of amides is 3. The third kappa shape index (κ3) is 6.38. The van der Waals surface area contributed by atoms with Crippen LogP contribution in [0.2, 0.25) is 0 Å². The van der Waals surface area contributed by atoms with E-state index in [1.807, 2.05) is 42.2 Å². The zero-order valence-electron chi connectivity index (χ0n) is 27.0. The van der Waals surface area contributed by atoms with Crippen LogP contribution >= 0.6 is 0 Å². The van der Waals surface area contributed by atoms with Crippen LogP contribution in [-0.4, -0.2) is 88.1 Å². The molecule has 10 heteroatoms. The van der Waals surface area contributed by atoms with Crippen LogP contribution in [-0.2, 0) is 28.7 Å². The van der Waals surface area contributed by atoms with Crippen LogP contribution in [0.3, 0.4) is 0 Å². The molecule has 0 radical (unpaired) electrons. The van der Waals surface area contributed by atoms with E-state index < -0.39 is 47.7 Å². The number of likely N-dealkylation sites (tertiary alicyclic amines) is 1. The summed E-state index contributed by atoms with van der Waals surface area (Å²) in [5, 5.41) is 13.3. The minimum atomic E-state index is -1.19. The average Bonchev–Trinajstić information content (AvgIpc) is 3.73. The molecule has 250 valence electrons. The van der Waals surface area contributed by atoms with Crippen molar-refractivity contribution in [3.05, 3.63) is 61.2 Å². The second kappa shape index (κ2) is 14.9. The van der Waals surface area contributed by atoms with Crippen molar-refractivity contribution in [2.45, 2.75) is 107 Å². The van der Waals surface area contributed by atoms with E-state index in [0.717, 1.165) is 32.1 Å². The van der Waals surface area contributed by atoms with Crippen LogP contribution in [0.25, 0.3) is 0 Å². The van der Waals surface area contributed by atoms with Crippen LogP contribution < -0.4 is 5.32 Å². The zero-order valence-corrected chi connectivity index (χ0v) is 27.0. The second-order valence-corrected chi connectivity index (χ2v) is 13.1. The minimum Gasteiger partial charge on any atom is -0.455 e. The van der Waals surface area contributed by atoms with Gasteiger partial charge in [0.1, 0.15) is 17.7 Å². The highest BCUT2D eigenvalue weighted by molar-refractivity contribution is 5.98. The first-order valence-corrected chi connectivity index (χ1v) is 17.0. The highest BCUT2D eigenvalue weighted by atomic mass is 16.6. The summed E-state index contributed by atoms with van der Waals surface area (Å²) in [5.74, 6) is -3.14. The number of aliphatic hydroxyl groups is 1. The fourth-order valence-corrected chi connectivity index (χ4v) is 8.20. The zero-order chi connectivity index (χ0) is 32.8. The number of nitrogens with one attached hydrogen (secondary N) is 1. The van der Waals surface area contributed by atoms with Gasteiger partial charge in [0.2, 0.25) is 17.7 Å². The fourth-order valence-electron chi connectivity index (χ4n) is 8.20. The predicted molar refractivity (Wildman–Crippen MR) is 172 cm³/mol. The summed E-state index contributed by atoms with van der Waals surface area (Å²) in [5.41, 5.74) is -0.481. The fraction of sp³-hybridized carbons (Fsp3) is 0.611. The van der Waals surface area contributed by atoms with Gasteiger partial charge < -0.3 is 29.7 Å². The number of esters is 1. The van der Waals surface area contributed by atoms with Crippen molar-refractivity contribution < 1.29 is 33.8 Å². The molecule has 3 saturated heterocycles. The number of ether oxygens (including phenoxy) is 2. The van der Waals surface area contributed by atoms with Crippen LogP contribution in [0.15, 0.2) is 55.6 Å². The van der Waals surface area contributed by atoms with Gasteiger partial charge in [-0.15, -0.1) is 13.2 Å². The normalized spacial score (nSPS) is 28.3. The summed E-state index contributed by atoms with van der Waals surface area (Å²) in [4.78, 5) is 59.1. The Morgan fingerprint density at radius 1 is 1.15 bits per heavy atom. The Kier molecular flexibility index (Phi) is 11.0. The average molecular weight is 636 g/mol. The van der Waals surface area contributed by atoms with E-state index in [1.165, 1.54) is 4.90 Å². The van der Waals surface area contributed by atoms with Gasteiger partial charge in [-0.05, 0) is 44.1 Å². The van der Waals surface area contributed by atoms with Crippen molar-refractivity contribution >= 4 is 23.7 Å². The molecule has 0 unspecified atom stereocenters. The highest BCUT2D eigenvalue weighted by Crippen LogP contribution is 2.59. The number of hydrogen-bond acceptors (Lipinski definition) is 7. The van der Waals surface area contributed by atoms with Gasteiger partial charge in [-0.1, -0.05) is 68.7 Å². The Bertz CT molecular complexity index is 1280. The van der Waals surface area contributed by atoms with E-state index in [2.05, 4.69) is 18.5 Å². The van der Waals surface area contributed by atoms with E-state index in [9.17, 15) is 24.3 Å². The molecule has 1 aromatic rings. The Labute approximate surface area is 272 Å². The van der Waals surface area contributed by atoms with Gasteiger partial charge in [-0.25, -0.2) is 0 Å². The SMILES string of the molecule is C=CCCC(=O)NC[C@@H](OC(=O)[C@@H]1[C@H]2C(=O)N([C@@H](CC)CO)[C@H](C(=O)N(CC=C)C3CCCCC3)[C@]23CC[C@H]1O3)c1ccccc1. The monoisotopic (exact) mass is 635 g/mol. The maximum atomic E-state index is 14.7. The van der Waals surface area contributed by atoms with E-state index in [0.29, 0.717) is 37.8 Å². The van der Waals surface area contributed by atoms with E-state index in [1.54, 1.807) is 12.2 Å². The standard InChI is InChI=1S/C36H49N3O7/c1-4-7-18-29(41)37-22-28(24-14-10-8-11-15-24)45-35(44)30-27-19-20-36(46-27)31(30)33(42)39(25(6-3)23-40)32(36)34(43)38(21-5-2)26-16-12-9-13-17-26/h4-5,8,10-11,14-15,25-28,30-32,40H,1-2,6-7,9,12-13,16-23H2,3H3,(H,37,41)/t25-,27+,28+,30-,31-,32+,36-/m0/s1. The molecular weight excluding hydrogens is 586 g/mol. The molecule has 4 fully saturated rings. The molecule has 46 heavy (non-hydrogen) atoms. The van der Waals surface area contributed by atoms with Crippen LogP contribution in [0, 0.1) is 11.8 Å². The molecule has 5 rings (SSSR count). The Balaban J connectivity index is 1.45. The number of rotatable bonds is 15. The maximum absolute atomic E-state index is 14.7. The number of hydrogen-bond donors (Lipinski definition) is 2. The third-order valence-electron chi connectivity index (χ3n) is 10.4. The second-order valence-electron chi connectivity index (χ2n) is 13.1. The lowest BCUT2D eigenvalue weighted by Crippen LogP contribution is -2.60. The summed E-state index contributed by atoms with van der Waals surface area (Å²) < 4.78 is 12.8. The third-order valence-corrected chi connectivity index (χ3v) is 10.4. The Hall–Kier alpha value is -3.50. The molecule has 3 amide bonds. The van der Waals surface area contributed by atoms with Crippen LogP contribution in [0.4, 0.5) is 0 Å². The van der Waals surface area contributed by atoms with E-state index in [-0.39, 0.29) is 43.3 Å². The molecule has 10 nitrogen and oxygen atoms in total. The van der Waals surface area contributed by atoms with Crippen molar-refractivity contribution in [2.24, 2.45) is 11.8 Å². The van der Waals surface area contributed by atoms with Crippen LogP contribution in [0.5, 0.6) is 0 Å². The summed E-state index contributed by atoms with van der Waals surface area (Å²) in [6.07, 6.45) is 9.22. The predicted octanol–water partition coefficient (Wildman–Crippen LogP) is 3.85. The molecule has 7 atom stereocenters. The first-order valence-electron chi connectivity index (χ1n) is 17.0. The number of carbonyl (C=O) groups is 4. The first-order chi connectivity index (χ1) is 22.3. The van der Waals surface area contributed by atoms with Gasteiger partial charge in [0, 0.05) is 19.0 Å². The molecule has 0 aromatic heterocycles. The number of fused-ring (bicyclic) bond motifs is 1. The van der Waals surface area contributed by atoms with Gasteiger partial charge in [0.15, 0.2) is 0 Å². The maximum Gasteiger partial charge on any atom is 0.313 e. The summed E-state index contributed by atoms with van der Waals surface area (Å²) in [7, 11) is 0. The summed E-state index contributed by atoms with van der Waals surface area (Å²) in [6.45, 7) is 9.56. The lowest BCUT2D eigenvalue weighted by Gasteiger charge is -2.42. The number of allylic oxidation sites excluding steroid dienone is 1. The largest absolute Gasteiger partial charge is 0.455 e. The molecule has 2 N–H and O–H groups in total. The number of nitrogens with zero attached hydrogens (tertiary/aromatic N) is 2. The molecule has 1 aromatic carbocycles. The molecule has 1 aliphatic carbocycles. The molecule has 2 bridgehead atoms. The van der Waals surface area contributed by atoms with Gasteiger partial charge in [0.05, 0.1) is 37.1 Å². The summed E-state index contributed by atoms with van der Waals surface area (Å²) in [6, 6.07) is 7.67. The molecular formula is C36H49N3O7. The minimum absolute atomic E-state index is 0.0357. The van der Waals surface area contributed by atoms with Crippen molar-refractivity contribution in [1.82, 2.24) is 15.1 Å². The lowest BCUT2D eigenvalue weighted by molar-refractivity contribution is -0.161. The molecule has 4 aliphatic rings. The quantitative estimate of drug-likeness (QED) is 0.222. The van der Waals surface area contributed by atoms with Gasteiger partial charge >= 0.3 is 5.97 Å². The van der Waals surface area contributed by atoms with Crippen LogP contribution in [0.1, 0.15) is 82.8 Å². The molecule has 3 heterocycles. The number of aliphatic hydroxyl groups excluding tert-OH is 1. The molecule has 3 aliphatic heterocycles. The first kappa shape index (κ1) is 33.9. The number of benzene rings is 1. The molecule has 1 saturated carbocycles. The van der Waals surface area contributed by atoms with Gasteiger partial charge in [-0.3, -0.25) is 19.2 Å². The topological polar surface area (TPSA) is 125 Å².